The number of amides is 2. The fourth-order valence-electron chi connectivity index (χ4n) is 2.10. The summed E-state index contributed by atoms with van der Waals surface area (Å²) < 4.78 is 5.70. The molecule has 0 aliphatic rings. The summed E-state index contributed by atoms with van der Waals surface area (Å²) >= 11 is 7.61. The van der Waals surface area contributed by atoms with Crippen LogP contribution in [0.15, 0.2) is 37.3 Å². The molecule has 27 heavy (non-hydrogen) atoms. The van der Waals surface area contributed by atoms with Crippen molar-refractivity contribution in [1.29, 1.82) is 0 Å². The normalized spacial score (nSPS) is 10.3. The maximum absolute atomic E-state index is 12.1. The minimum absolute atomic E-state index is 0.256. The summed E-state index contributed by atoms with van der Waals surface area (Å²) in [6.45, 7) is 5.57. The number of nitrogens with one attached hydrogen (secondary N) is 2. The molecule has 8 nitrogen and oxygen atoms in total. The molecule has 3 rings (SSSR count). The van der Waals surface area contributed by atoms with Crippen LogP contribution in [-0.2, 0) is 0 Å². The molecule has 0 saturated heterocycles. The summed E-state index contributed by atoms with van der Waals surface area (Å²) in [5.41, 5.74) is 6.67. The molecule has 2 aromatic heterocycles. The van der Waals surface area contributed by atoms with Crippen molar-refractivity contribution in [2.45, 2.75) is 6.92 Å². The van der Waals surface area contributed by atoms with Crippen molar-refractivity contribution in [1.82, 2.24) is 15.0 Å². The Kier molecular flexibility index (Phi) is 5.53. The van der Waals surface area contributed by atoms with Gasteiger partial charge in [0.25, 0.3) is 0 Å². The molecule has 2 heterocycles. The number of carbonyl (C=O) groups excluding carboxylic acids is 1. The van der Waals surface area contributed by atoms with E-state index in [1.807, 2.05) is 6.92 Å². The Morgan fingerprint density at radius 3 is 2.81 bits per heavy atom. The second-order valence-corrected chi connectivity index (χ2v) is 6.92. The van der Waals surface area contributed by atoms with E-state index in [1.165, 1.54) is 23.7 Å². The Bertz CT molecular complexity index is 1010. The second-order valence-electron chi connectivity index (χ2n) is 5.28. The number of thiazole rings is 1. The van der Waals surface area contributed by atoms with Gasteiger partial charge in [-0.15, -0.1) is 11.3 Å². The van der Waals surface area contributed by atoms with Gasteiger partial charge in [-0.2, -0.15) is 0 Å². The molecule has 10 heteroatoms. The first-order valence-electron chi connectivity index (χ1n) is 7.67. The number of aromatic nitrogens is 3. The van der Waals surface area contributed by atoms with Gasteiger partial charge in [-0.3, -0.25) is 5.32 Å². The summed E-state index contributed by atoms with van der Waals surface area (Å²) in [5.74, 6) is 0.933. The molecule has 1 aromatic carbocycles. The molecule has 0 spiro atoms. The first kappa shape index (κ1) is 18.6. The number of nitrogens with zero attached hydrogens (tertiary/aromatic N) is 3. The standard InChI is InChI=1S/C17H15ClN6O2S/c1-3-11-14(19)21-8-22-15(11)26-10-4-5-13(12(18)6-10)23-16(25)24-17-20-7-9(2)27-17/h3-8H,1H2,2H3,(H2,19,21,22)(H2,20,23,24,25). The highest BCUT2D eigenvalue weighted by atomic mass is 35.5. The number of carbonyl (C=O) groups is 1. The highest BCUT2D eigenvalue weighted by Crippen LogP contribution is 2.31. The zero-order valence-corrected chi connectivity index (χ0v) is 15.8. The van der Waals surface area contributed by atoms with E-state index in [4.69, 9.17) is 22.1 Å². The number of benzene rings is 1. The second kappa shape index (κ2) is 8.02. The van der Waals surface area contributed by atoms with Gasteiger partial charge in [-0.25, -0.2) is 19.7 Å². The number of nitrogen functional groups attached to an aromatic ring is 1. The van der Waals surface area contributed by atoms with E-state index in [0.717, 1.165) is 4.88 Å². The molecule has 0 bridgehead atoms. The Labute approximate surface area is 164 Å². The van der Waals surface area contributed by atoms with Gasteiger partial charge in [-0.1, -0.05) is 24.3 Å². The smallest absolute Gasteiger partial charge is 0.325 e. The molecule has 2 amide bonds. The zero-order chi connectivity index (χ0) is 19.4. The molecule has 0 saturated carbocycles. The number of anilines is 3. The molecule has 0 aliphatic heterocycles. The molecule has 138 valence electrons. The fraction of sp³-hybridized carbons (Fsp3) is 0.0588. The van der Waals surface area contributed by atoms with Crippen LogP contribution in [0.25, 0.3) is 6.08 Å². The average molecular weight is 403 g/mol. The summed E-state index contributed by atoms with van der Waals surface area (Å²) in [4.78, 5) is 25.0. The van der Waals surface area contributed by atoms with Crippen LogP contribution >= 0.6 is 22.9 Å². The SMILES string of the molecule is C=Cc1c(N)ncnc1Oc1ccc(NC(=O)Nc2ncc(C)s2)c(Cl)c1. The van der Waals surface area contributed by atoms with E-state index in [2.05, 4.69) is 32.2 Å². The molecule has 0 atom stereocenters. The minimum atomic E-state index is -0.447. The van der Waals surface area contributed by atoms with E-state index in [0.29, 0.717) is 27.2 Å². The largest absolute Gasteiger partial charge is 0.438 e. The first-order valence-corrected chi connectivity index (χ1v) is 8.86. The first-order chi connectivity index (χ1) is 13.0. The third-order valence-corrected chi connectivity index (χ3v) is 4.47. The molecule has 0 radical (unpaired) electrons. The van der Waals surface area contributed by atoms with Crippen LogP contribution in [0.3, 0.4) is 0 Å². The van der Waals surface area contributed by atoms with E-state index < -0.39 is 6.03 Å². The van der Waals surface area contributed by atoms with Gasteiger partial charge in [0.05, 0.1) is 16.3 Å². The molecule has 0 fully saturated rings. The summed E-state index contributed by atoms with van der Waals surface area (Å²) in [7, 11) is 0. The van der Waals surface area contributed by atoms with Crippen molar-refractivity contribution in [3.63, 3.8) is 0 Å². The van der Waals surface area contributed by atoms with E-state index in [1.54, 1.807) is 24.4 Å². The third-order valence-electron chi connectivity index (χ3n) is 3.33. The van der Waals surface area contributed by atoms with Crippen LogP contribution < -0.4 is 21.1 Å². The maximum atomic E-state index is 12.1. The van der Waals surface area contributed by atoms with Crippen molar-refractivity contribution in [2.75, 3.05) is 16.4 Å². The Morgan fingerprint density at radius 2 is 2.15 bits per heavy atom. The fourth-order valence-corrected chi connectivity index (χ4v) is 2.98. The summed E-state index contributed by atoms with van der Waals surface area (Å²) in [5, 5.41) is 6.09. The van der Waals surface area contributed by atoms with Gasteiger partial charge in [0.1, 0.15) is 17.9 Å². The number of rotatable bonds is 5. The zero-order valence-electron chi connectivity index (χ0n) is 14.2. The van der Waals surface area contributed by atoms with Gasteiger partial charge < -0.3 is 15.8 Å². The third kappa shape index (κ3) is 4.52. The van der Waals surface area contributed by atoms with Crippen molar-refractivity contribution < 1.29 is 9.53 Å². The summed E-state index contributed by atoms with van der Waals surface area (Å²) in [6, 6.07) is 4.36. The average Bonchev–Trinajstić information content (AvgIpc) is 3.02. The minimum Gasteiger partial charge on any atom is -0.438 e. The number of hydrogen-bond donors (Lipinski definition) is 3. The molecule has 4 N–H and O–H groups in total. The number of ether oxygens (including phenoxy) is 1. The van der Waals surface area contributed by atoms with Crippen molar-refractivity contribution in [3.05, 3.63) is 52.8 Å². The van der Waals surface area contributed by atoms with Gasteiger partial charge >= 0.3 is 6.03 Å². The van der Waals surface area contributed by atoms with Crippen LogP contribution in [0.2, 0.25) is 5.02 Å². The van der Waals surface area contributed by atoms with Crippen LogP contribution in [-0.4, -0.2) is 21.0 Å². The Morgan fingerprint density at radius 1 is 1.33 bits per heavy atom. The highest BCUT2D eigenvalue weighted by molar-refractivity contribution is 7.15. The van der Waals surface area contributed by atoms with Crippen molar-refractivity contribution in [2.24, 2.45) is 0 Å². The van der Waals surface area contributed by atoms with E-state index in [9.17, 15) is 4.79 Å². The van der Waals surface area contributed by atoms with Gasteiger partial charge in [0.15, 0.2) is 5.13 Å². The molecular weight excluding hydrogens is 388 g/mol. The highest BCUT2D eigenvalue weighted by Gasteiger charge is 2.12. The predicted octanol–water partition coefficient (Wildman–Crippen LogP) is 4.56. The Balaban J connectivity index is 1.71. The number of halogens is 1. The van der Waals surface area contributed by atoms with Gasteiger partial charge in [0.2, 0.25) is 5.88 Å². The molecular formula is C17H15ClN6O2S. The molecule has 0 unspecified atom stereocenters. The van der Waals surface area contributed by atoms with E-state index >= 15 is 0 Å². The lowest BCUT2D eigenvalue weighted by molar-refractivity contribution is 0.262. The lowest BCUT2D eigenvalue weighted by Gasteiger charge is -2.11. The van der Waals surface area contributed by atoms with Crippen LogP contribution in [0.5, 0.6) is 11.6 Å². The monoisotopic (exact) mass is 402 g/mol. The number of aryl methyl sites for hydroxylation is 1. The van der Waals surface area contributed by atoms with Gasteiger partial charge in [0, 0.05) is 17.1 Å². The summed E-state index contributed by atoms with van der Waals surface area (Å²) in [6.07, 6.45) is 4.48. The maximum Gasteiger partial charge on any atom is 0.325 e. The van der Waals surface area contributed by atoms with Crippen molar-refractivity contribution in [3.8, 4) is 11.6 Å². The Hall–Kier alpha value is -3.17. The number of hydrogen-bond acceptors (Lipinski definition) is 7. The predicted molar refractivity (Wildman–Crippen MR) is 108 cm³/mol. The lowest BCUT2D eigenvalue weighted by Crippen LogP contribution is -2.19. The lowest BCUT2D eigenvalue weighted by atomic mass is 10.3. The topological polar surface area (TPSA) is 115 Å². The van der Waals surface area contributed by atoms with Crippen LogP contribution in [0.1, 0.15) is 10.4 Å². The van der Waals surface area contributed by atoms with Gasteiger partial charge in [-0.05, 0) is 19.1 Å². The van der Waals surface area contributed by atoms with E-state index in [-0.39, 0.29) is 11.7 Å². The number of nitrogens with two attached hydrogens (primary N) is 1. The number of urea groups is 1. The quantitative estimate of drug-likeness (QED) is 0.576. The van der Waals surface area contributed by atoms with Crippen LogP contribution in [0, 0.1) is 6.92 Å². The molecule has 3 aromatic rings. The molecule has 0 aliphatic carbocycles. The van der Waals surface area contributed by atoms with Crippen molar-refractivity contribution >= 4 is 51.7 Å². The van der Waals surface area contributed by atoms with Crippen LogP contribution in [0.4, 0.5) is 21.4 Å².